The van der Waals surface area contributed by atoms with E-state index in [0.717, 1.165) is 10.4 Å². The van der Waals surface area contributed by atoms with Crippen LogP contribution in [0.25, 0.3) is 0 Å². The van der Waals surface area contributed by atoms with Crippen molar-refractivity contribution in [2.75, 3.05) is 7.05 Å². The topological polar surface area (TPSA) is 29.5 Å². The zero-order chi connectivity index (χ0) is 16.1. The van der Waals surface area contributed by atoms with Crippen molar-refractivity contribution in [2.45, 2.75) is 19.6 Å². The summed E-state index contributed by atoms with van der Waals surface area (Å²) in [5.74, 6) is 0.0137. The fraction of sp³-hybridized carbons (Fsp3) is 0.267. The molecule has 3 nitrogen and oxygen atoms in total. The molecule has 1 heterocycles. The first-order valence-corrected chi connectivity index (χ1v) is 7.65. The number of nitrogens with zero attached hydrogens (tertiary/aromatic N) is 1. The number of benzene rings is 1. The maximum atomic E-state index is 12.1. The number of rotatable bonds is 6. The smallest absolute Gasteiger partial charge is 0.387 e. The Bertz CT molecular complexity index is 631. The summed E-state index contributed by atoms with van der Waals surface area (Å²) >= 11 is 7.29. The molecule has 1 aromatic carbocycles. The maximum absolute atomic E-state index is 12.1. The van der Waals surface area contributed by atoms with Crippen LogP contribution in [0, 0.1) is 0 Å². The molecule has 2 aromatic rings. The van der Waals surface area contributed by atoms with Gasteiger partial charge in [-0.15, -0.1) is 11.3 Å². The summed E-state index contributed by atoms with van der Waals surface area (Å²) in [6.45, 7) is -2.36. The van der Waals surface area contributed by atoms with E-state index >= 15 is 0 Å². The SMILES string of the molecule is CN(Cc1ccc(Cl)s1)C(=O)Cc1ccc(OC(F)F)cc1. The second-order valence-corrected chi connectivity index (χ2v) is 6.45. The Labute approximate surface area is 136 Å². The van der Waals surface area contributed by atoms with Crippen LogP contribution in [-0.2, 0) is 17.8 Å². The lowest BCUT2D eigenvalue weighted by molar-refractivity contribution is -0.129. The fourth-order valence-corrected chi connectivity index (χ4v) is 3.00. The summed E-state index contributed by atoms with van der Waals surface area (Å²) in [7, 11) is 1.71. The van der Waals surface area contributed by atoms with Gasteiger partial charge in [-0.3, -0.25) is 4.79 Å². The molecule has 0 saturated heterocycles. The lowest BCUT2D eigenvalue weighted by Gasteiger charge is -2.16. The number of ether oxygens (including phenoxy) is 1. The molecular weight excluding hydrogens is 332 g/mol. The van der Waals surface area contributed by atoms with E-state index in [4.69, 9.17) is 11.6 Å². The molecule has 0 radical (unpaired) electrons. The van der Waals surface area contributed by atoms with E-state index in [0.29, 0.717) is 10.9 Å². The molecule has 0 bridgehead atoms. The number of carbonyl (C=O) groups excluding carboxylic acids is 1. The van der Waals surface area contributed by atoms with Gasteiger partial charge in [0.05, 0.1) is 17.3 Å². The molecule has 22 heavy (non-hydrogen) atoms. The summed E-state index contributed by atoms with van der Waals surface area (Å²) in [4.78, 5) is 14.7. The maximum Gasteiger partial charge on any atom is 0.387 e. The van der Waals surface area contributed by atoms with Crippen LogP contribution in [-0.4, -0.2) is 24.5 Å². The standard InChI is InChI=1S/C15H14ClF2NO2S/c1-19(9-12-6-7-13(16)22-12)14(20)8-10-2-4-11(5-3-10)21-15(17)18/h2-7,15H,8-9H2,1H3. The second-order valence-electron chi connectivity index (χ2n) is 4.65. The number of amides is 1. The molecule has 118 valence electrons. The minimum Gasteiger partial charge on any atom is -0.435 e. The highest BCUT2D eigenvalue weighted by Gasteiger charge is 2.12. The van der Waals surface area contributed by atoms with Crippen LogP contribution in [0.15, 0.2) is 36.4 Å². The Morgan fingerprint density at radius 2 is 1.95 bits per heavy atom. The van der Waals surface area contributed by atoms with Gasteiger partial charge in [0.2, 0.25) is 5.91 Å². The Balaban J connectivity index is 1.90. The molecule has 0 aliphatic heterocycles. The number of halogens is 3. The third-order valence-corrected chi connectivity index (χ3v) is 4.17. The highest BCUT2D eigenvalue weighted by molar-refractivity contribution is 7.16. The first kappa shape index (κ1) is 16.7. The number of hydrogen-bond acceptors (Lipinski definition) is 3. The highest BCUT2D eigenvalue weighted by atomic mass is 35.5. The summed E-state index contributed by atoms with van der Waals surface area (Å²) < 4.78 is 29.1. The molecule has 1 aromatic heterocycles. The first-order valence-electron chi connectivity index (χ1n) is 6.46. The van der Waals surface area contributed by atoms with Gasteiger partial charge in [0.25, 0.3) is 0 Å². The summed E-state index contributed by atoms with van der Waals surface area (Å²) in [5.41, 5.74) is 0.739. The first-order chi connectivity index (χ1) is 10.4. The number of thiophene rings is 1. The third-order valence-electron chi connectivity index (χ3n) is 2.95. The number of hydrogen-bond donors (Lipinski definition) is 0. The number of carbonyl (C=O) groups is 1. The normalized spacial score (nSPS) is 10.8. The van der Waals surface area contributed by atoms with E-state index in [-0.39, 0.29) is 18.1 Å². The minimum atomic E-state index is -2.85. The van der Waals surface area contributed by atoms with Gasteiger partial charge in [0.1, 0.15) is 5.75 Å². The summed E-state index contributed by atoms with van der Waals surface area (Å²) in [6.07, 6.45) is 0.199. The van der Waals surface area contributed by atoms with Crippen molar-refractivity contribution in [1.82, 2.24) is 4.90 Å². The van der Waals surface area contributed by atoms with Crippen molar-refractivity contribution >= 4 is 28.8 Å². The molecule has 7 heteroatoms. The van der Waals surface area contributed by atoms with Crippen LogP contribution in [0.5, 0.6) is 5.75 Å². The molecule has 0 atom stereocenters. The van der Waals surface area contributed by atoms with Crippen LogP contribution < -0.4 is 4.74 Å². The zero-order valence-electron chi connectivity index (χ0n) is 11.8. The average Bonchev–Trinajstić information content (AvgIpc) is 2.85. The van der Waals surface area contributed by atoms with Crippen molar-refractivity contribution in [3.05, 3.63) is 51.2 Å². The van der Waals surface area contributed by atoms with Gasteiger partial charge >= 0.3 is 6.61 Å². The average molecular weight is 346 g/mol. The molecule has 0 aliphatic carbocycles. The molecule has 2 rings (SSSR count). The highest BCUT2D eigenvalue weighted by Crippen LogP contribution is 2.22. The molecule has 1 amide bonds. The second kappa shape index (κ2) is 7.56. The monoisotopic (exact) mass is 345 g/mol. The number of alkyl halides is 2. The van der Waals surface area contributed by atoms with E-state index in [2.05, 4.69) is 4.74 Å². The largest absolute Gasteiger partial charge is 0.435 e. The van der Waals surface area contributed by atoms with E-state index in [1.807, 2.05) is 6.07 Å². The molecule has 0 N–H and O–H groups in total. The van der Waals surface area contributed by atoms with Crippen molar-refractivity contribution in [3.63, 3.8) is 0 Å². The molecule has 0 spiro atoms. The van der Waals surface area contributed by atoms with E-state index in [1.165, 1.54) is 23.5 Å². The molecular formula is C15H14ClF2NO2S. The lowest BCUT2D eigenvalue weighted by atomic mass is 10.1. The molecule has 0 fully saturated rings. The number of likely N-dealkylation sites (N-methyl/N-ethyl adjacent to an activating group) is 1. The van der Waals surface area contributed by atoms with Crippen molar-refractivity contribution < 1.29 is 18.3 Å². The summed E-state index contributed by atoms with van der Waals surface area (Å²) in [5, 5.41) is 0. The Morgan fingerprint density at radius 3 is 2.50 bits per heavy atom. The van der Waals surface area contributed by atoms with Crippen molar-refractivity contribution in [1.29, 1.82) is 0 Å². The van der Waals surface area contributed by atoms with E-state index in [9.17, 15) is 13.6 Å². The predicted octanol–water partition coefficient (Wildman–Crippen LogP) is 4.20. The van der Waals surface area contributed by atoms with Crippen LogP contribution >= 0.6 is 22.9 Å². The van der Waals surface area contributed by atoms with Crippen molar-refractivity contribution in [2.24, 2.45) is 0 Å². The Hall–Kier alpha value is -1.66. The quantitative estimate of drug-likeness (QED) is 0.785. The van der Waals surface area contributed by atoms with Gasteiger partial charge in [0.15, 0.2) is 0 Å². The van der Waals surface area contributed by atoms with E-state index in [1.54, 1.807) is 30.1 Å². The van der Waals surface area contributed by atoms with Gasteiger partial charge < -0.3 is 9.64 Å². The zero-order valence-corrected chi connectivity index (χ0v) is 13.3. The third kappa shape index (κ3) is 4.96. The molecule has 0 saturated carbocycles. The summed E-state index contributed by atoms with van der Waals surface area (Å²) in [6, 6.07) is 9.73. The van der Waals surface area contributed by atoms with Crippen molar-refractivity contribution in [3.8, 4) is 5.75 Å². The van der Waals surface area contributed by atoms with Gasteiger partial charge in [0, 0.05) is 11.9 Å². The lowest BCUT2D eigenvalue weighted by Crippen LogP contribution is -2.27. The van der Waals surface area contributed by atoms with Gasteiger partial charge in [-0.05, 0) is 29.8 Å². The molecule has 0 unspecified atom stereocenters. The van der Waals surface area contributed by atoms with Crippen LogP contribution in [0.4, 0.5) is 8.78 Å². The van der Waals surface area contributed by atoms with Gasteiger partial charge in [-0.2, -0.15) is 8.78 Å². The Kier molecular flexibility index (Phi) is 5.74. The van der Waals surface area contributed by atoms with Gasteiger partial charge in [-0.1, -0.05) is 23.7 Å². The van der Waals surface area contributed by atoms with Crippen LogP contribution in [0.2, 0.25) is 4.34 Å². The van der Waals surface area contributed by atoms with Crippen LogP contribution in [0.1, 0.15) is 10.4 Å². The predicted molar refractivity (Wildman–Crippen MR) is 82.6 cm³/mol. The Morgan fingerprint density at radius 1 is 1.27 bits per heavy atom. The molecule has 0 aliphatic rings. The minimum absolute atomic E-state index is 0.0629. The van der Waals surface area contributed by atoms with Gasteiger partial charge in [-0.25, -0.2) is 0 Å². The fourth-order valence-electron chi connectivity index (χ4n) is 1.86. The van der Waals surface area contributed by atoms with E-state index < -0.39 is 6.61 Å². The van der Waals surface area contributed by atoms with Crippen LogP contribution in [0.3, 0.4) is 0 Å².